The number of carbonyl (C=O) groups excluding carboxylic acids is 2. The van der Waals surface area contributed by atoms with E-state index in [-0.39, 0.29) is 18.2 Å². The number of ether oxygens (including phenoxy) is 2. The molecule has 4 rings (SSSR count). The van der Waals surface area contributed by atoms with Gasteiger partial charge in [-0.1, -0.05) is 23.7 Å². The first-order valence-electron chi connectivity index (χ1n) is 13.5. The van der Waals surface area contributed by atoms with Crippen LogP contribution < -0.4 is 10.9 Å². The molecule has 1 aromatic carbocycles. The average Bonchev–Trinajstić information content (AvgIpc) is 2.92. The first-order chi connectivity index (χ1) is 19.0. The van der Waals surface area contributed by atoms with Gasteiger partial charge in [-0.3, -0.25) is 9.78 Å². The van der Waals surface area contributed by atoms with Crippen molar-refractivity contribution in [1.82, 2.24) is 20.1 Å². The van der Waals surface area contributed by atoms with Gasteiger partial charge in [0.1, 0.15) is 11.2 Å². The third kappa shape index (κ3) is 6.88. The fourth-order valence-electron chi connectivity index (χ4n) is 5.11. The van der Waals surface area contributed by atoms with Crippen LogP contribution in [0.2, 0.25) is 5.02 Å². The Morgan fingerprint density at radius 1 is 1.15 bits per heavy atom. The molecule has 212 valence electrons. The first-order valence-corrected chi connectivity index (χ1v) is 13.8. The second-order valence-corrected chi connectivity index (χ2v) is 11.5. The molecular formula is C30H35ClN4O5. The highest BCUT2D eigenvalue weighted by molar-refractivity contribution is 6.30. The number of hydrogen-bond acceptors (Lipinski definition) is 7. The molecule has 1 saturated carbocycles. The molecule has 1 aliphatic carbocycles. The quantitative estimate of drug-likeness (QED) is 0.364. The summed E-state index contributed by atoms with van der Waals surface area (Å²) in [6.07, 6.45) is 5.27. The molecule has 3 aromatic rings. The van der Waals surface area contributed by atoms with E-state index < -0.39 is 28.6 Å². The Kier molecular flexibility index (Phi) is 8.93. The minimum atomic E-state index is -0.681. The molecule has 0 bridgehead atoms. The number of halogens is 1. The number of nitrogens with one attached hydrogen (secondary N) is 1. The van der Waals surface area contributed by atoms with Gasteiger partial charge in [0, 0.05) is 34.9 Å². The van der Waals surface area contributed by atoms with Gasteiger partial charge in [-0.15, -0.1) is 0 Å². The highest BCUT2D eigenvalue weighted by Crippen LogP contribution is 2.43. The van der Waals surface area contributed by atoms with Gasteiger partial charge < -0.3 is 14.8 Å². The molecule has 2 aromatic heterocycles. The van der Waals surface area contributed by atoms with E-state index in [9.17, 15) is 14.4 Å². The lowest BCUT2D eigenvalue weighted by molar-refractivity contribution is 0.0502. The number of carbonyl (C=O) groups is 2. The van der Waals surface area contributed by atoms with Crippen molar-refractivity contribution >= 4 is 23.7 Å². The summed E-state index contributed by atoms with van der Waals surface area (Å²) in [7, 11) is 0. The van der Waals surface area contributed by atoms with E-state index in [1.165, 1.54) is 10.7 Å². The van der Waals surface area contributed by atoms with Gasteiger partial charge in [-0.25, -0.2) is 14.3 Å². The van der Waals surface area contributed by atoms with Gasteiger partial charge in [-0.2, -0.15) is 5.10 Å². The zero-order valence-corrected chi connectivity index (χ0v) is 24.0. The molecule has 1 aliphatic rings. The summed E-state index contributed by atoms with van der Waals surface area (Å²) in [6, 6.07) is 12.5. The Bertz CT molecular complexity index is 1410. The molecule has 0 atom stereocenters. The number of pyridine rings is 1. The van der Waals surface area contributed by atoms with E-state index in [1.54, 1.807) is 25.4 Å². The molecule has 0 saturated heterocycles. The number of alkyl carbamates (subject to hydrolysis) is 1. The Morgan fingerprint density at radius 3 is 2.52 bits per heavy atom. The summed E-state index contributed by atoms with van der Waals surface area (Å²) in [5.41, 5.74) is 0.570. The van der Waals surface area contributed by atoms with Crippen LogP contribution in [-0.2, 0) is 14.9 Å². The van der Waals surface area contributed by atoms with Gasteiger partial charge in [0.15, 0.2) is 0 Å². The highest BCUT2D eigenvalue weighted by Gasteiger charge is 2.39. The van der Waals surface area contributed by atoms with Crippen LogP contribution in [0.4, 0.5) is 4.79 Å². The van der Waals surface area contributed by atoms with Gasteiger partial charge >= 0.3 is 12.1 Å². The second kappa shape index (κ2) is 12.2. The van der Waals surface area contributed by atoms with E-state index >= 15 is 0 Å². The number of hydrogen-bond donors (Lipinski definition) is 1. The maximum absolute atomic E-state index is 13.5. The van der Waals surface area contributed by atoms with E-state index in [1.807, 2.05) is 51.1 Å². The fraction of sp³-hybridized carbons (Fsp3) is 0.433. The molecule has 2 heterocycles. The number of benzene rings is 1. The van der Waals surface area contributed by atoms with Crippen LogP contribution in [0, 0.1) is 0 Å². The van der Waals surface area contributed by atoms with Crippen LogP contribution in [0.1, 0.15) is 75.3 Å². The third-order valence-electron chi connectivity index (χ3n) is 7.05. The van der Waals surface area contributed by atoms with E-state index in [0.29, 0.717) is 48.5 Å². The normalized spacial score (nSPS) is 19.1. The monoisotopic (exact) mass is 566 g/mol. The van der Waals surface area contributed by atoms with Crippen molar-refractivity contribution in [3.63, 3.8) is 0 Å². The van der Waals surface area contributed by atoms with Crippen LogP contribution in [0.15, 0.2) is 59.7 Å². The Hall–Kier alpha value is -3.72. The predicted octanol–water partition coefficient (Wildman–Crippen LogP) is 5.71. The molecule has 9 nitrogen and oxygen atoms in total. The van der Waals surface area contributed by atoms with Crippen LogP contribution in [0.25, 0.3) is 11.3 Å². The molecule has 1 amide bonds. The van der Waals surface area contributed by atoms with Crippen molar-refractivity contribution in [1.29, 1.82) is 0 Å². The van der Waals surface area contributed by atoms with Crippen molar-refractivity contribution in [2.75, 3.05) is 13.2 Å². The molecule has 0 radical (unpaired) electrons. The molecule has 0 aliphatic heterocycles. The summed E-state index contributed by atoms with van der Waals surface area (Å²) in [6.45, 7) is 7.65. The van der Waals surface area contributed by atoms with Crippen molar-refractivity contribution < 1.29 is 19.1 Å². The topological polar surface area (TPSA) is 112 Å². The zero-order valence-electron chi connectivity index (χ0n) is 23.3. The van der Waals surface area contributed by atoms with Crippen molar-refractivity contribution in [3.05, 3.63) is 81.4 Å². The summed E-state index contributed by atoms with van der Waals surface area (Å²) in [5, 5.41) is 8.22. The predicted molar refractivity (Wildman–Crippen MR) is 153 cm³/mol. The van der Waals surface area contributed by atoms with E-state index in [0.717, 1.165) is 5.56 Å². The molecular weight excluding hydrogens is 532 g/mol. The lowest BCUT2D eigenvalue weighted by atomic mass is 9.68. The number of amides is 1. The van der Waals surface area contributed by atoms with Crippen LogP contribution in [-0.4, -0.2) is 45.6 Å². The lowest BCUT2D eigenvalue weighted by Gasteiger charge is -2.41. The molecule has 10 heteroatoms. The van der Waals surface area contributed by atoms with Crippen molar-refractivity contribution in [2.45, 2.75) is 70.4 Å². The number of aromatic nitrogens is 3. The first kappa shape index (κ1) is 29.3. The second-order valence-electron chi connectivity index (χ2n) is 11.0. The maximum atomic E-state index is 13.5. The molecule has 40 heavy (non-hydrogen) atoms. The Morgan fingerprint density at radius 2 is 1.90 bits per heavy atom. The minimum absolute atomic E-state index is 0.0611. The number of esters is 1. The number of nitrogens with zero attached hydrogens (tertiary/aromatic N) is 3. The largest absolute Gasteiger partial charge is 0.462 e. The SMILES string of the molecule is CCOC(=O)c1cc(-c2cccnc2)nn([C@H]2CC[C@@](CNC(=O)OC(C)(C)C)(c3cccc(Cl)c3)CC2)c1=O. The summed E-state index contributed by atoms with van der Waals surface area (Å²) in [5.74, 6) is -0.681. The van der Waals surface area contributed by atoms with E-state index in [2.05, 4.69) is 15.4 Å². The Balaban J connectivity index is 1.65. The third-order valence-corrected chi connectivity index (χ3v) is 7.29. The van der Waals surface area contributed by atoms with Gasteiger partial charge in [-0.05, 0) is 89.3 Å². The summed E-state index contributed by atoms with van der Waals surface area (Å²) < 4.78 is 12.1. The molecule has 0 unspecified atom stereocenters. The van der Waals surface area contributed by atoms with E-state index in [4.69, 9.17) is 21.1 Å². The molecule has 1 fully saturated rings. The lowest BCUT2D eigenvalue weighted by Crippen LogP contribution is -2.46. The van der Waals surface area contributed by atoms with Crippen molar-refractivity contribution in [2.24, 2.45) is 0 Å². The smallest absolute Gasteiger partial charge is 0.407 e. The van der Waals surface area contributed by atoms with Crippen LogP contribution in [0.3, 0.4) is 0 Å². The molecule has 1 N–H and O–H groups in total. The maximum Gasteiger partial charge on any atom is 0.407 e. The van der Waals surface area contributed by atoms with Crippen LogP contribution in [0.5, 0.6) is 0 Å². The number of rotatable bonds is 7. The fourth-order valence-corrected chi connectivity index (χ4v) is 5.30. The standard InChI is InChI=1S/C30H35ClN4O5/c1-5-39-27(37)24-17-25(20-8-7-15-32-18-20)34-35(26(24)36)23-11-13-30(14-12-23,21-9-6-10-22(31)16-21)19-33-28(38)40-29(2,3)4/h6-10,15-18,23H,5,11-14,19H2,1-4H3,(H,33,38)/t23-,30+. The van der Waals surface area contributed by atoms with Crippen LogP contribution >= 0.6 is 11.6 Å². The van der Waals surface area contributed by atoms with Gasteiger partial charge in [0.05, 0.1) is 18.3 Å². The van der Waals surface area contributed by atoms with Gasteiger partial charge in [0.2, 0.25) is 0 Å². The summed E-state index contributed by atoms with van der Waals surface area (Å²) >= 11 is 6.35. The highest BCUT2D eigenvalue weighted by atomic mass is 35.5. The Labute approximate surface area is 238 Å². The zero-order chi connectivity index (χ0) is 28.9. The summed E-state index contributed by atoms with van der Waals surface area (Å²) in [4.78, 5) is 42.9. The van der Waals surface area contributed by atoms with Crippen molar-refractivity contribution in [3.8, 4) is 11.3 Å². The average molecular weight is 567 g/mol. The minimum Gasteiger partial charge on any atom is -0.462 e. The van der Waals surface area contributed by atoms with Gasteiger partial charge in [0.25, 0.3) is 5.56 Å². The molecule has 0 spiro atoms.